The molecule has 0 spiro atoms. The highest BCUT2D eigenvalue weighted by Gasteiger charge is 2.07. The van der Waals surface area contributed by atoms with Crippen LogP contribution in [0.15, 0.2) is 42.1 Å². The monoisotopic (exact) mass is 171 g/mol. The lowest BCUT2D eigenvalue weighted by Gasteiger charge is -2.11. The lowest BCUT2D eigenvalue weighted by molar-refractivity contribution is 1.02. The summed E-state index contributed by atoms with van der Waals surface area (Å²) in [6.07, 6.45) is 8.53. The third-order valence-electron chi connectivity index (χ3n) is 2.38. The molecular weight excluding hydrogens is 158 g/mol. The highest BCUT2D eigenvalue weighted by molar-refractivity contribution is 5.69. The van der Waals surface area contributed by atoms with Gasteiger partial charge >= 0.3 is 0 Å². The molecule has 0 N–H and O–H groups in total. The fourth-order valence-electron chi connectivity index (χ4n) is 1.66. The third-order valence-corrected chi connectivity index (χ3v) is 2.38. The van der Waals surface area contributed by atoms with Gasteiger partial charge in [0.15, 0.2) is 0 Å². The van der Waals surface area contributed by atoms with E-state index in [4.69, 9.17) is 0 Å². The Morgan fingerprint density at radius 1 is 1.31 bits per heavy atom. The largest absolute Gasteiger partial charge is 0.257 e. The minimum atomic E-state index is 1.12. The third kappa shape index (κ3) is 1.69. The molecule has 66 valence electrons. The maximum atomic E-state index is 4.36. The van der Waals surface area contributed by atoms with E-state index in [2.05, 4.69) is 30.1 Å². The van der Waals surface area contributed by atoms with Crippen LogP contribution in [0.3, 0.4) is 0 Å². The summed E-state index contributed by atoms with van der Waals surface area (Å²) in [6.45, 7) is 2.15. The number of hydrogen-bond donors (Lipinski definition) is 0. The molecule has 0 bridgehead atoms. The van der Waals surface area contributed by atoms with Gasteiger partial charge in [0.25, 0.3) is 0 Å². The normalized spacial score (nSPS) is 16.4. The molecule has 1 aliphatic rings. The number of hydrogen-bond acceptors (Lipinski definition) is 1. The van der Waals surface area contributed by atoms with Crippen LogP contribution in [0.4, 0.5) is 0 Å². The molecular formula is C12H13N. The first kappa shape index (κ1) is 8.24. The summed E-state index contributed by atoms with van der Waals surface area (Å²) in [5.41, 5.74) is 3.87. The molecule has 1 aromatic heterocycles. The zero-order valence-electron chi connectivity index (χ0n) is 7.83. The Kier molecular flexibility index (Phi) is 2.26. The maximum Gasteiger partial charge on any atom is 0.0664 e. The second kappa shape index (κ2) is 3.56. The minimum absolute atomic E-state index is 1.12. The van der Waals surface area contributed by atoms with Crippen LogP contribution in [0.25, 0.3) is 5.57 Å². The fourth-order valence-corrected chi connectivity index (χ4v) is 1.66. The Bertz CT molecular complexity index is 347. The van der Waals surface area contributed by atoms with Crippen molar-refractivity contribution < 1.29 is 0 Å². The van der Waals surface area contributed by atoms with E-state index in [0.29, 0.717) is 0 Å². The second-order valence-corrected chi connectivity index (χ2v) is 3.32. The average Bonchev–Trinajstić information content (AvgIpc) is 2.20. The molecule has 1 aliphatic carbocycles. The minimum Gasteiger partial charge on any atom is -0.257 e. The Morgan fingerprint density at radius 3 is 2.92 bits per heavy atom. The van der Waals surface area contributed by atoms with Crippen LogP contribution in [-0.4, -0.2) is 4.98 Å². The van der Waals surface area contributed by atoms with Gasteiger partial charge in [-0.05, 0) is 43.0 Å². The van der Waals surface area contributed by atoms with Gasteiger partial charge in [-0.1, -0.05) is 18.2 Å². The molecule has 0 aromatic carbocycles. The zero-order valence-corrected chi connectivity index (χ0v) is 7.83. The van der Waals surface area contributed by atoms with Gasteiger partial charge in [-0.2, -0.15) is 0 Å². The Labute approximate surface area is 78.8 Å². The van der Waals surface area contributed by atoms with Gasteiger partial charge < -0.3 is 0 Å². The molecule has 0 saturated carbocycles. The zero-order chi connectivity index (χ0) is 9.10. The lowest BCUT2D eigenvalue weighted by atomic mass is 9.96. The van der Waals surface area contributed by atoms with Crippen molar-refractivity contribution in [1.82, 2.24) is 4.98 Å². The van der Waals surface area contributed by atoms with Crippen molar-refractivity contribution in [2.45, 2.75) is 19.8 Å². The molecule has 13 heavy (non-hydrogen) atoms. The molecule has 0 amide bonds. The summed E-state index contributed by atoms with van der Waals surface area (Å²) >= 11 is 0. The average molecular weight is 171 g/mol. The summed E-state index contributed by atoms with van der Waals surface area (Å²) < 4.78 is 0. The predicted molar refractivity (Wildman–Crippen MR) is 55.2 cm³/mol. The van der Waals surface area contributed by atoms with Gasteiger partial charge in [-0.3, -0.25) is 4.98 Å². The Hall–Kier alpha value is -1.37. The number of rotatable bonds is 1. The lowest BCUT2D eigenvalue weighted by Crippen LogP contribution is -1.94. The van der Waals surface area contributed by atoms with Crippen LogP contribution in [-0.2, 0) is 0 Å². The molecule has 0 saturated heterocycles. The quantitative estimate of drug-likeness (QED) is 0.632. The van der Waals surface area contributed by atoms with Gasteiger partial charge in [-0.25, -0.2) is 0 Å². The van der Waals surface area contributed by atoms with Crippen LogP contribution in [0, 0.1) is 0 Å². The van der Waals surface area contributed by atoms with Crippen molar-refractivity contribution in [3.8, 4) is 0 Å². The maximum absolute atomic E-state index is 4.36. The standard InChI is InChI=1S/C12H13N/c1-10-6-2-3-7-11(10)12-8-4-5-9-13-12/h2,4-6,8-9H,3,7H2,1H3. The Morgan fingerprint density at radius 2 is 2.23 bits per heavy atom. The first-order valence-electron chi connectivity index (χ1n) is 4.65. The van der Waals surface area contributed by atoms with Gasteiger partial charge in [-0.15, -0.1) is 0 Å². The van der Waals surface area contributed by atoms with Crippen LogP contribution in [0.5, 0.6) is 0 Å². The van der Waals surface area contributed by atoms with Gasteiger partial charge in [0, 0.05) is 6.20 Å². The van der Waals surface area contributed by atoms with Crippen molar-refractivity contribution in [3.05, 3.63) is 47.8 Å². The van der Waals surface area contributed by atoms with E-state index in [0.717, 1.165) is 18.5 Å². The van der Waals surface area contributed by atoms with E-state index in [1.54, 1.807) is 0 Å². The summed E-state index contributed by atoms with van der Waals surface area (Å²) in [6, 6.07) is 6.08. The van der Waals surface area contributed by atoms with Crippen molar-refractivity contribution in [1.29, 1.82) is 0 Å². The number of allylic oxidation sites excluding steroid dienone is 4. The smallest absolute Gasteiger partial charge is 0.0664 e. The van der Waals surface area contributed by atoms with Crippen molar-refractivity contribution in [2.75, 3.05) is 0 Å². The SMILES string of the molecule is CC1=C(c2ccccn2)CCC=C1. The van der Waals surface area contributed by atoms with Crippen LogP contribution in [0.1, 0.15) is 25.5 Å². The highest BCUT2D eigenvalue weighted by atomic mass is 14.7. The fraction of sp³-hybridized carbons (Fsp3) is 0.250. The summed E-state index contributed by atoms with van der Waals surface area (Å²) in [5, 5.41) is 0. The topological polar surface area (TPSA) is 12.9 Å². The molecule has 1 heterocycles. The summed E-state index contributed by atoms with van der Waals surface area (Å²) in [7, 11) is 0. The van der Waals surface area contributed by atoms with Gasteiger partial charge in [0.1, 0.15) is 0 Å². The van der Waals surface area contributed by atoms with Gasteiger partial charge in [0.2, 0.25) is 0 Å². The first-order valence-corrected chi connectivity index (χ1v) is 4.65. The van der Waals surface area contributed by atoms with E-state index in [-0.39, 0.29) is 0 Å². The molecule has 1 nitrogen and oxygen atoms in total. The molecule has 1 aromatic rings. The summed E-state index contributed by atoms with van der Waals surface area (Å²) in [5.74, 6) is 0. The molecule has 0 unspecified atom stereocenters. The van der Waals surface area contributed by atoms with Crippen molar-refractivity contribution in [2.24, 2.45) is 0 Å². The number of nitrogens with zero attached hydrogens (tertiary/aromatic N) is 1. The van der Waals surface area contributed by atoms with Crippen LogP contribution in [0.2, 0.25) is 0 Å². The molecule has 1 heteroatoms. The van der Waals surface area contributed by atoms with Crippen molar-refractivity contribution in [3.63, 3.8) is 0 Å². The Balaban J connectivity index is 2.41. The molecule has 2 rings (SSSR count). The first-order chi connectivity index (χ1) is 6.38. The van der Waals surface area contributed by atoms with E-state index < -0.39 is 0 Å². The van der Waals surface area contributed by atoms with E-state index in [1.807, 2.05) is 18.3 Å². The summed E-state index contributed by atoms with van der Waals surface area (Å²) in [4.78, 5) is 4.36. The molecule has 0 aliphatic heterocycles. The molecule has 0 radical (unpaired) electrons. The second-order valence-electron chi connectivity index (χ2n) is 3.32. The van der Waals surface area contributed by atoms with Crippen molar-refractivity contribution >= 4 is 5.57 Å². The number of aromatic nitrogens is 1. The van der Waals surface area contributed by atoms with Crippen LogP contribution < -0.4 is 0 Å². The highest BCUT2D eigenvalue weighted by Crippen LogP contribution is 2.26. The van der Waals surface area contributed by atoms with Crippen LogP contribution >= 0.6 is 0 Å². The van der Waals surface area contributed by atoms with E-state index in [1.165, 1.54) is 11.1 Å². The molecule has 0 atom stereocenters. The van der Waals surface area contributed by atoms with Gasteiger partial charge in [0.05, 0.1) is 5.69 Å². The van der Waals surface area contributed by atoms with E-state index >= 15 is 0 Å². The predicted octanol–water partition coefficient (Wildman–Crippen LogP) is 3.21. The molecule has 0 fully saturated rings. The van der Waals surface area contributed by atoms with E-state index in [9.17, 15) is 0 Å². The number of pyridine rings is 1.